The normalized spacial score (nSPS) is 12.8. The highest BCUT2D eigenvalue weighted by molar-refractivity contribution is 7.90. The summed E-state index contributed by atoms with van der Waals surface area (Å²) < 4.78 is 27.7. The highest BCUT2D eigenvalue weighted by atomic mass is 32.2. The van der Waals surface area contributed by atoms with Crippen LogP contribution in [-0.2, 0) is 19.4 Å². The molecular formula is C16H22N2O6S. The number of hydrogen-bond donors (Lipinski definition) is 2. The number of esters is 1. The van der Waals surface area contributed by atoms with Gasteiger partial charge in [-0.3, -0.25) is 10.1 Å². The van der Waals surface area contributed by atoms with Crippen LogP contribution < -0.4 is 10.6 Å². The Hall–Kier alpha value is -2.42. The van der Waals surface area contributed by atoms with E-state index in [-0.39, 0.29) is 10.5 Å². The third-order valence-corrected chi connectivity index (χ3v) is 4.02. The van der Waals surface area contributed by atoms with E-state index in [1.807, 2.05) is 0 Å². The van der Waals surface area contributed by atoms with Gasteiger partial charge in [-0.05, 0) is 52.0 Å². The predicted molar refractivity (Wildman–Crippen MR) is 90.9 cm³/mol. The summed E-state index contributed by atoms with van der Waals surface area (Å²) in [4.78, 5) is 35.5. The van der Waals surface area contributed by atoms with E-state index < -0.39 is 39.4 Å². The number of nitrogens with one attached hydrogen (secondary N) is 2. The fraction of sp³-hybridized carbons (Fsp3) is 0.438. The molecule has 0 saturated carbocycles. The van der Waals surface area contributed by atoms with E-state index in [0.717, 1.165) is 6.26 Å². The van der Waals surface area contributed by atoms with Crippen molar-refractivity contribution in [3.05, 3.63) is 29.8 Å². The lowest BCUT2D eigenvalue weighted by molar-refractivity contribution is -0.127. The van der Waals surface area contributed by atoms with Crippen molar-refractivity contribution in [2.24, 2.45) is 0 Å². The summed E-state index contributed by atoms with van der Waals surface area (Å²) in [7, 11) is -3.37. The number of sulfone groups is 1. The first kappa shape index (κ1) is 20.6. The molecule has 8 nitrogen and oxygen atoms in total. The Balaban J connectivity index is 2.67. The molecule has 3 amide bonds. The maximum atomic E-state index is 12.0. The third kappa shape index (κ3) is 6.92. The summed E-state index contributed by atoms with van der Waals surface area (Å²) in [6.45, 7) is 6.57. The number of rotatable bonds is 4. The van der Waals surface area contributed by atoms with Crippen LogP contribution in [0.25, 0.3) is 0 Å². The van der Waals surface area contributed by atoms with Crippen LogP contribution in [0.3, 0.4) is 0 Å². The Bertz CT molecular complexity index is 763. The van der Waals surface area contributed by atoms with Gasteiger partial charge in [0, 0.05) is 11.8 Å². The summed E-state index contributed by atoms with van der Waals surface area (Å²) in [5, 5.41) is 4.62. The van der Waals surface area contributed by atoms with Gasteiger partial charge in [-0.15, -0.1) is 0 Å². The molecule has 0 fully saturated rings. The minimum absolute atomic E-state index is 0.0636. The molecule has 0 unspecified atom stereocenters. The van der Waals surface area contributed by atoms with E-state index in [9.17, 15) is 22.8 Å². The second-order valence-electron chi connectivity index (χ2n) is 6.54. The van der Waals surface area contributed by atoms with Crippen LogP contribution in [-0.4, -0.2) is 44.2 Å². The van der Waals surface area contributed by atoms with Crippen molar-refractivity contribution in [2.45, 2.75) is 44.2 Å². The highest BCUT2D eigenvalue weighted by Crippen LogP contribution is 2.12. The number of ether oxygens (including phenoxy) is 1. The lowest BCUT2D eigenvalue weighted by Crippen LogP contribution is -2.50. The fourth-order valence-electron chi connectivity index (χ4n) is 1.71. The van der Waals surface area contributed by atoms with Gasteiger partial charge in [0.15, 0.2) is 15.9 Å². The first-order valence-electron chi connectivity index (χ1n) is 7.44. The summed E-state index contributed by atoms with van der Waals surface area (Å²) in [5.41, 5.74) is -0.433. The molecule has 0 aliphatic carbocycles. The zero-order chi connectivity index (χ0) is 19.4. The molecule has 0 aliphatic rings. The van der Waals surface area contributed by atoms with Crippen molar-refractivity contribution in [3.63, 3.8) is 0 Å². The van der Waals surface area contributed by atoms with Gasteiger partial charge in [-0.2, -0.15) is 0 Å². The average Bonchev–Trinajstić information content (AvgIpc) is 2.44. The minimum atomic E-state index is -3.37. The van der Waals surface area contributed by atoms with Crippen molar-refractivity contribution in [2.75, 3.05) is 6.26 Å². The Kier molecular flexibility index (Phi) is 6.31. The van der Waals surface area contributed by atoms with Crippen LogP contribution >= 0.6 is 0 Å². The zero-order valence-corrected chi connectivity index (χ0v) is 15.6. The lowest BCUT2D eigenvalue weighted by Gasteiger charge is -2.21. The molecule has 25 heavy (non-hydrogen) atoms. The van der Waals surface area contributed by atoms with Crippen LogP contribution in [0.2, 0.25) is 0 Å². The topological polar surface area (TPSA) is 119 Å². The van der Waals surface area contributed by atoms with Gasteiger partial charge in [0.2, 0.25) is 0 Å². The van der Waals surface area contributed by atoms with Crippen LogP contribution in [0.1, 0.15) is 38.1 Å². The second kappa shape index (κ2) is 7.64. The standard InChI is InChI=1S/C16H22N2O6S/c1-10(13(19)17-15(21)18-16(2,3)4)24-14(20)11-6-8-12(9-7-11)25(5,22)23/h6-10H,1-5H3,(H2,17,18,19,21)/t10-/m1/s1. The van der Waals surface area contributed by atoms with Gasteiger partial charge in [0.1, 0.15) is 0 Å². The first-order chi connectivity index (χ1) is 11.3. The molecule has 0 bridgehead atoms. The summed E-state index contributed by atoms with van der Waals surface area (Å²) in [5.74, 6) is -1.58. The van der Waals surface area contributed by atoms with Crippen molar-refractivity contribution >= 4 is 27.7 Å². The molecule has 9 heteroatoms. The molecule has 0 spiro atoms. The van der Waals surface area contributed by atoms with Crippen LogP contribution in [0, 0.1) is 0 Å². The molecule has 1 rings (SSSR count). The molecule has 1 aromatic carbocycles. The maximum Gasteiger partial charge on any atom is 0.338 e. The molecule has 2 N–H and O–H groups in total. The molecule has 0 aromatic heterocycles. The number of benzene rings is 1. The van der Waals surface area contributed by atoms with Crippen LogP contribution in [0.5, 0.6) is 0 Å². The number of carbonyl (C=O) groups excluding carboxylic acids is 3. The van der Waals surface area contributed by atoms with E-state index in [0.29, 0.717) is 0 Å². The molecule has 0 saturated heterocycles. The molecule has 0 aliphatic heterocycles. The largest absolute Gasteiger partial charge is 0.449 e. The third-order valence-electron chi connectivity index (χ3n) is 2.90. The van der Waals surface area contributed by atoms with Gasteiger partial charge in [-0.25, -0.2) is 18.0 Å². The molecule has 1 atom stereocenters. The van der Waals surface area contributed by atoms with Crippen molar-refractivity contribution in [1.82, 2.24) is 10.6 Å². The maximum absolute atomic E-state index is 12.0. The van der Waals surface area contributed by atoms with Gasteiger partial charge in [0.05, 0.1) is 10.5 Å². The van der Waals surface area contributed by atoms with Gasteiger partial charge in [-0.1, -0.05) is 0 Å². The SMILES string of the molecule is C[C@@H](OC(=O)c1ccc(S(C)(=O)=O)cc1)C(=O)NC(=O)NC(C)(C)C. The monoisotopic (exact) mass is 370 g/mol. The van der Waals surface area contributed by atoms with Gasteiger partial charge < -0.3 is 10.1 Å². The highest BCUT2D eigenvalue weighted by Gasteiger charge is 2.22. The number of carbonyl (C=O) groups is 3. The number of hydrogen-bond acceptors (Lipinski definition) is 6. The van der Waals surface area contributed by atoms with Crippen LogP contribution in [0.4, 0.5) is 4.79 Å². The minimum Gasteiger partial charge on any atom is -0.449 e. The van der Waals surface area contributed by atoms with E-state index in [1.165, 1.54) is 31.2 Å². The smallest absolute Gasteiger partial charge is 0.338 e. The Morgan fingerprint density at radius 2 is 1.60 bits per heavy atom. The Labute approximate surface area is 146 Å². The van der Waals surface area contributed by atoms with E-state index in [4.69, 9.17) is 4.74 Å². The Morgan fingerprint density at radius 3 is 2.04 bits per heavy atom. The van der Waals surface area contributed by atoms with Crippen LogP contribution in [0.15, 0.2) is 29.2 Å². The Morgan fingerprint density at radius 1 is 1.08 bits per heavy atom. The quantitative estimate of drug-likeness (QED) is 0.770. The number of amides is 3. The molecule has 138 valence electrons. The molecule has 0 heterocycles. The lowest BCUT2D eigenvalue weighted by atomic mass is 10.1. The predicted octanol–water partition coefficient (Wildman–Crippen LogP) is 1.26. The molecular weight excluding hydrogens is 348 g/mol. The molecule has 0 radical (unpaired) electrons. The summed E-state index contributed by atoms with van der Waals surface area (Å²) in [6.07, 6.45) is -0.150. The van der Waals surface area contributed by atoms with Gasteiger partial charge >= 0.3 is 12.0 Å². The molecule has 1 aromatic rings. The first-order valence-corrected chi connectivity index (χ1v) is 9.33. The van der Waals surface area contributed by atoms with Crippen molar-refractivity contribution in [1.29, 1.82) is 0 Å². The van der Waals surface area contributed by atoms with Crippen molar-refractivity contribution < 1.29 is 27.5 Å². The van der Waals surface area contributed by atoms with E-state index >= 15 is 0 Å². The number of imide groups is 1. The van der Waals surface area contributed by atoms with E-state index in [2.05, 4.69) is 10.6 Å². The second-order valence-corrected chi connectivity index (χ2v) is 8.55. The summed E-state index contributed by atoms with van der Waals surface area (Å²) >= 11 is 0. The average molecular weight is 370 g/mol. The summed E-state index contributed by atoms with van der Waals surface area (Å²) in [6, 6.07) is 4.42. The van der Waals surface area contributed by atoms with E-state index in [1.54, 1.807) is 20.8 Å². The van der Waals surface area contributed by atoms with Gasteiger partial charge in [0.25, 0.3) is 5.91 Å². The number of urea groups is 1. The van der Waals surface area contributed by atoms with Crippen molar-refractivity contribution in [3.8, 4) is 0 Å². The zero-order valence-electron chi connectivity index (χ0n) is 14.7. The fourth-order valence-corrected chi connectivity index (χ4v) is 2.34.